The van der Waals surface area contributed by atoms with E-state index < -0.39 is 0 Å². The van der Waals surface area contributed by atoms with Gasteiger partial charge in [0.15, 0.2) is 5.82 Å². The summed E-state index contributed by atoms with van der Waals surface area (Å²) in [6.07, 6.45) is 8.54. The second-order valence-electron chi connectivity index (χ2n) is 4.36. The summed E-state index contributed by atoms with van der Waals surface area (Å²) in [5, 5.41) is 2.91. The second-order valence-corrected chi connectivity index (χ2v) is 5.63. The fraction of sp³-hybridized carbons (Fsp3) is 0.545. The van der Waals surface area contributed by atoms with Gasteiger partial charge in [-0.1, -0.05) is 6.42 Å². The van der Waals surface area contributed by atoms with Gasteiger partial charge in [-0.2, -0.15) is 11.8 Å². The number of thioether (sulfide) groups is 1. The van der Waals surface area contributed by atoms with Gasteiger partial charge in [-0.25, -0.2) is 10.8 Å². The number of nitrogens with one attached hydrogen (secondary N) is 2. The van der Waals surface area contributed by atoms with Gasteiger partial charge in [0.2, 0.25) is 0 Å². The number of rotatable bonds is 5. The molecule has 0 aromatic carbocycles. The van der Waals surface area contributed by atoms with Gasteiger partial charge in [-0.15, -0.1) is 0 Å². The molecular weight excluding hydrogens is 250 g/mol. The van der Waals surface area contributed by atoms with Gasteiger partial charge in [0, 0.05) is 11.3 Å². The summed E-state index contributed by atoms with van der Waals surface area (Å²) in [7, 11) is 0. The Labute approximate surface area is 110 Å². The standard InChI is InChI=1S/C11H17N5OS/c1-18-11(3-2-4-11)7-14-10(17)8-5-13-6-9(15-8)16-12/h5-6H,2-4,7,12H2,1H3,(H,14,17)(H,15,16). The van der Waals surface area contributed by atoms with Crippen LogP contribution in [0, 0.1) is 0 Å². The van der Waals surface area contributed by atoms with Crippen LogP contribution in [-0.2, 0) is 0 Å². The van der Waals surface area contributed by atoms with Gasteiger partial charge < -0.3 is 10.7 Å². The molecule has 0 spiro atoms. The molecule has 1 aliphatic carbocycles. The molecule has 98 valence electrons. The smallest absolute Gasteiger partial charge is 0.271 e. The number of carbonyl (C=O) groups is 1. The predicted octanol–water partition coefficient (Wildman–Crippen LogP) is 0.778. The van der Waals surface area contributed by atoms with Crippen molar-refractivity contribution in [2.24, 2.45) is 5.84 Å². The number of carbonyl (C=O) groups excluding carboxylic acids is 1. The SMILES string of the molecule is CSC1(CNC(=O)c2cncc(NN)n2)CCC1. The molecule has 2 rings (SSSR count). The molecule has 1 saturated carbocycles. The van der Waals surface area contributed by atoms with Crippen LogP contribution in [0.4, 0.5) is 5.82 Å². The number of aromatic nitrogens is 2. The topological polar surface area (TPSA) is 92.9 Å². The van der Waals surface area contributed by atoms with E-state index in [0.29, 0.717) is 12.4 Å². The predicted molar refractivity (Wildman–Crippen MR) is 72.3 cm³/mol. The number of hydrogen-bond acceptors (Lipinski definition) is 6. The van der Waals surface area contributed by atoms with Crippen molar-refractivity contribution < 1.29 is 4.79 Å². The second kappa shape index (κ2) is 5.53. The van der Waals surface area contributed by atoms with Crippen LogP contribution in [0.3, 0.4) is 0 Å². The molecule has 4 N–H and O–H groups in total. The third-order valence-corrected chi connectivity index (χ3v) is 4.70. The molecular formula is C11H17N5OS. The Balaban J connectivity index is 1.95. The summed E-state index contributed by atoms with van der Waals surface area (Å²) in [6.45, 7) is 0.676. The fourth-order valence-electron chi connectivity index (χ4n) is 1.90. The van der Waals surface area contributed by atoms with E-state index in [1.54, 1.807) is 0 Å². The van der Waals surface area contributed by atoms with Crippen molar-refractivity contribution in [2.45, 2.75) is 24.0 Å². The molecule has 1 amide bonds. The van der Waals surface area contributed by atoms with Gasteiger partial charge in [0.1, 0.15) is 5.69 Å². The summed E-state index contributed by atoms with van der Waals surface area (Å²) in [5.41, 5.74) is 2.65. The fourth-order valence-corrected chi connectivity index (χ4v) is 2.81. The molecule has 6 nitrogen and oxygen atoms in total. The lowest BCUT2D eigenvalue weighted by molar-refractivity contribution is 0.0938. The van der Waals surface area contributed by atoms with Gasteiger partial charge in [0.05, 0.1) is 12.4 Å². The quantitative estimate of drug-likeness (QED) is 0.539. The Hall–Kier alpha value is -1.34. The van der Waals surface area contributed by atoms with Crippen LogP contribution >= 0.6 is 11.8 Å². The van der Waals surface area contributed by atoms with Crippen molar-refractivity contribution in [1.82, 2.24) is 15.3 Å². The highest BCUT2D eigenvalue weighted by Gasteiger charge is 2.36. The maximum atomic E-state index is 11.9. The molecule has 0 bridgehead atoms. The monoisotopic (exact) mass is 267 g/mol. The van der Waals surface area contributed by atoms with Crippen LogP contribution in [0.2, 0.25) is 0 Å². The lowest BCUT2D eigenvalue weighted by atomic mass is 9.84. The van der Waals surface area contributed by atoms with E-state index in [4.69, 9.17) is 5.84 Å². The minimum atomic E-state index is -0.208. The van der Waals surface area contributed by atoms with Crippen molar-refractivity contribution in [3.05, 3.63) is 18.1 Å². The Kier molecular flexibility index (Phi) is 4.03. The summed E-state index contributed by atoms with van der Waals surface area (Å²) < 4.78 is 0.215. The number of nitrogens with two attached hydrogens (primary N) is 1. The maximum absolute atomic E-state index is 11.9. The summed E-state index contributed by atoms with van der Waals surface area (Å²) in [6, 6.07) is 0. The molecule has 0 atom stereocenters. The highest BCUT2D eigenvalue weighted by molar-refractivity contribution is 8.00. The number of nitrogens with zero attached hydrogens (tertiary/aromatic N) is 2. The first-order valence-electron chi connectivity index (χ1n) is 5.81. The van der Waals surface area contributed by atoms with Gasteiger partial charge >= 0.3 is 0 Å². The van der Waals surface area contributed by atoms with Gasteiger partial charge in [-0.05, 0) is 19.1 Å². The molecule has 1 aromatic heterocycles. The maximum Gasteiger partial charge on any atom is 0.271 e. The zero-order valence-electron chi connectivity index (χ0n) is 10.3. The van der Waals surface area contributed by atoms with Crippen LogP contribution in [0.15, 0.2) is 12.4 Å². The van der Waals surface area contributed by atoms with E-state index in [1.165, 1.54) is 18.8 Å². The molecule has 0 unspecified atom stereocenters. The van der Waals surface area contributed by atoms with Gasteiger partial charge in [-0.3, -0.25) is 9.78 Å². The molecule has 7 heteroatoms. The van der Waals surface area contributed by atoms with E-state index in [9.17, 15) is 4.79 Å². The van der Waals surface area contributed by atoms with Crippen LogP contribution in [0.1, 0.15) is 29.8 Å². The third kappa shape index (κ3) is 2.73. The summed E-state index contributed by atoms with van der Waals surface area (Å²) in [4.78, 5) is 19.9. The molecule has 1 fully saturated rings. The Morgan fingerprint density at radius 2 is 2.33 bits per heavy atom. The number of amides is 1. The van der Waals surface area contributed by atoms with Crippen LogP contribution in [0.5, 0.6) is 0 Å². The molecule has 1 heterocycles. The minimum absolute atomic E-state index is 0.208. The summed E-state index contributed by atoms with van der Waals surface area (Å²) >= 11 is 1.82. The zero-order valence-corrected chi connectivity index (χ0v) is 11.1. The molecule has 1 aliphatic rings. The molecule has 0 aliphatic heterocycles. The lowest BCUT2D eigenvalue weighted by Gasteiger charge is -2.40. The highest BCUT2D eigenvalue weighted by Crippen LogP contribution is 2.42. The average molecular weight is 267 g/mol. The Bertz CT molecular complexity index is 430. The Morgan fingerprint density at radius 3 is 2.89 bits per heavy atom. The number of nitrogen functional groups attached to an aromatic ring is 1. The van der Waals surface area contributed by atoms with Crippen molar-refractivity contribution >= 4 is 23.5 Å². The largest absolute Gasteiger partial charge is 0.349 e. The van der Waals surface area contributed by atoms with Crippen molar-refractivity contribution in [3.63, 3.8) is 0 Å². The van der Waals surface area contributed by atoms with Crippen molar-refractivity contribution in [3.8, 4) is 0 Å². The highest BCUT2D eigenvalue weighted by atomic mass is 32.2. The van der Waals surface area contributed by atoms with E-state index in [-0.39, 0.29) is 16.3 Å². The first kappa shape index (κ1) is 13.1. The minimum Gasteiger partial charge on any atom is -0.349 e. The number of anilines is 1. The molecule has 18 heavy (non-hydrogen) atoms. The lowest BCUT2D eigenvalue weighted by Crippen LogP contribution is -2.45. The van der Waals surface area contributed by atoms with E-state index in [0.717, 1.165) is 12.8 Å². The van der Waals surface area contributed by atoms with Crippen molar-refractivity contribution in [2.75, 3.05) is 18.2 Å². The number of hydrazine groups is 1. The molecule has 1 aromatic rings. The van der Waals surface area contributed by atoms with Gasteiger partial charge in [0.25, 0.3) is 5.91 Å². The molecule has 0 saturated heterocycles. The first-order valence-corrected chi connectivity index (χ1v) is 7.04. The third-order valence-electron chi connectivity index (χ3n) is 3.28. The summed E-state index contributed by atoms with van der Waals surface area (Å²) in [5.74, 6) is 5.40. The van der Waals surface area contributed by atoms with E-state index in [1.807, 2.05) is 11.8 Å². The van der Waals surface area contributed by atoms with Crippen LogP contribution < -0.4 is 16.6 Å². The first-order chi connectivity index (χ1) is 8.69. The number of hydrogen-bond donors (Lipinski definition) is 3. The molecule has 0 radical (unpaired) electrons. The van der Waals surface area contributed by atoms with E-state index >= 15 is 0 Å². The van der Waals surface area contributed by atoms with Crippen LogP contribution in [-0.4, -0.2) is 33.4 Å². The van der Waals surface area contributed by atoms with E-state index in [2.05, 4.69) is 27.0 Å². The average Bonchev–Trinajstić information content (AvgIpc) is 2.38. The van der Waals surface area contributed by atoms with Crippen molar-refractivity contribution in [1.29, 1.82) is 0 Å². The zero-order chi connectivity index (χ0) is 13.0. The van der Waals surface area contributed by atoms with Crippen LogP contribution in [0.25, 0.3) is 0 Å². The Morgan fingerprint density at radius 1 is 1.56 bits per heavy atom. The normalized spacial score (nSPS) is 16.8.